The van der Waals surface area contributed by atoms with Crippen LogP contribution in [0.5, 0.6) is 0 Å². The molecule has 0 spiro atoms. The highest BCUT2D eigenvalue weighted by Gasteiger charge is 2.47. The number of aliphatic hydroxyl groups excluding tert-OH is 7. The van der Waals surface area contributed by atoms with Gasteiger partial charge in [0.2, 0.25) is 0 Å². The predicted molar refractivity (Wildman–Crippen MR) is 261 cm³/mol. The fraction of sp³-hybridized carbons (Fsp3) is 0.774. The summed E-state index contributed by atoms with van der Waals surface area (Å²) in [5.41, 5.74) is 0. The molecule has 0 bridgehead atoms. The van der Waals surface area contributed by atoms with E-state index >= 15 is 0 Å². The maximum atomic E-state index is 13.0. The number of carbonyl (C=O) groups is 2. The number of rotatable bonds is 39. The third-order valence-corrected chi connectivity index (χ3v) is 12.0. The molecular formula is C53H90O15. The van der Waals surface area contributed by atoms with Crippen LogP contribution in [0.25, 0.3) is 0 Å². The maximum Gasteiger partial charge on any atom is 0.306 e. The second-order valence-corrected chi connectivity index (χ2v) is 18.0. The zero-order valence-corrected chi connectivity index (χ0v) is 41.3. The largest absolute Gasteiger partial charge is 0.462 e. The molecule has 2 aliphatic heterocycles. The third kappa shape index (κ3) is 27.6. The molecule has 2 aliphatic rings. The van der Waals surface area contributed by atoms with Gasteiger partial charge < -0.3 is 64.2 Å². The van der Waals surface area contributed by atoms with E-state index in [-0.39, 0.29) is 19.4 Å². The number of allylic oxidation sites excluding steroid dienone is 10. The lowest BCUT2D eigenvalue weighted by molar-refractivity contribution is -0.332. The minimum Gasteiger partial charge on any atom is -0.462 e. The van der Waals surface area contributed by atoms with Gasteiger partial charge in [-0.1, -0.05) is 145 Å². The van der Waals surface area contributed by atoms with Gasteiger partial charge in [-0.15, -0.1) is 0 Å². The van der Waals surface area contributed by atoms with E-state index in [0.29, 0.717) is 19.3 Å². The molecule has 0 aliphatic carbocycles. The first-order chi connectivity index (χ1) is 33.0. The van der Waals surface area contributed by atoms with Crippen molar-refractivity contribution in [3.63, 3.8) is 0 Å². The SMILES string of the molecule is CCCC/C=C/CCCCCCCCCCCC(=O)OC[C@H](CO[C@H]1O[C@@H](CO[C@H]2O[C@@H](CO)[C@@H](O)C(O)C2O)[C@@H](O)C(O)C1O)OC(=O)CCC/C=C/C/C=C/C/C=C/C/C=C/CCCCC. The highest BCUT2D eigenvalue weighted by Crippen LogP contribution is 2.26. The van der Waals surface area contributed by atoms with Gasteiger partial charge >= 0.3 is 11.9 Å². The first-order valence-corrected chi connectivity index (χ1v) is 25.9. The molecule has 0 aromatic carbocycles. The molecule has 7 N–H and O–H groups in total. The topological polar surface area (TPSA) is 231 Å². The second-order valence-electron chi connectivity index (χ2n) is 18.0. The van der Waals surface area contributed by atoms with Gasteiger partial charge in [-0.3, -0.25) is 9.59 Å². The standard InChI is InChI=1S/C53H90O15/c1-3-5-7-9-11-13-15-17-19-20-22-24-26-28-30-32-34-36-45(56)66-41(38-63-44(55)35-33-31-29-27-25-23-21-18-16-14-12-10-8-6-4-2)39-64-52-51(62)49(60)47(58)43(68-52)40-65-53-50(61)48(59)46(57)42(37-54)67-53/h10-13,17,19,22,24,28,30,41-43,46-54,57-62H,3-9,14-16,18,20-21,23,25-27,29,31-40H2,1-2H3/b12-10+,13-11+,19-17+,24-22+,30-28+/t41-,42+,43+,46-,47-,48?,49?,50?,51?,52+,53+/m1/s1. The summed E-state index contributed by atoms with van der Waals surface area (Å²) in [5.74, 6) is -0.996. The van der Waals surface area contributed by atoms with Crippen LogP contribution < -0.4 is 0 Å². The number of ether oxygens (including phenoxy) is 6. The van der Waals surface area contributed by atoms with E-state index in [9.17, 15) is 45.3 Å². The first-order valence-electron chi connectivity index (χ1n) is 25.9. The predicted octanol–water partition coefficient (Wildman–Crippen LogP) is 7.27. The summed E-state index contributed by atoms with van der Waals surface area (Å²) in [6, 6.07) is 0. The monoisotopic (exact) mass is 967 g/mol. The fourth-order valence-corrected chi connectivity index (χ4v) is 7.66. The normalized spacial score (nSPS) is 26.2. The van der Waals surface area contributed by atoms with Crippen molar-refractivity contribution >= 4 is 11.9 Å². The molecule has 11 atom stereocenters. The summed E-state index contributed by atoms with van der Waals surface area (Å²) >= 11 is 0. The van der Waals surface area contributed by atoms with Crippen molar-refractivity contribution in [2.24, 2.45) is 0 Å². The average molecular weight is 967 g/mol. The van der Waals surface area contributed by atoms with Crippen LogP contribution in [0, 0.1) is 0 Å². The van der Waals surface area contributed by atoms with Crippen molar-refractivity contribution in [1.82, 2.24) is 0 Å². The van der Waals surface area contributed by atoms with Crippen molar-refractivity contribution in [3.05, 3.63) is 60.8 Å². The molecule has 4 unspecified atom stereocenters. The lowest BCUT2D eigenvalue weighted by Gasteiger charge is -2.42. The summed E-state index contributed by atoms with van der Waals surface area (Å²) in [6.07, 6.45) is 28.2. The maximum absolute atomic E-state index is 13.0. The highest BCUT2D eigenvalue weighted by molar-refractivity contribution is 5.70. The molecule has 2 heterocycles. The number of hydrogen-bond donors (Lipinski definition) is 7. The Kier molecular flexibility index (Phi) is 36.0. The zero-order chi connectivity index (χ0) is 49.6. The van der Waals surface area contributed by atoms with E-state index in [1.165, 1.54) is 70.6 Å². The Morgan fingerprint density at radius 1 is 0.471 bits per heavy atom. The molecule has 2 saturated heterocycles. The summed E-state index contributed by atoms with van der Waals surface area (Å²) < 4.78 is 33.5. The third-order valence-electron chi connectivity index (χ3n) is 12.0. The van der Waals surface area contributed by atoms with Crippen molar-refractivity contribution in [3.8, 4) is 0 Å². The van der Waals surface area contributed by atoms with Gasteiger partial charge in [-0.25, -0.2) is 0 Å². The van der Waals surface area contributed by atoms with E-state index in [2.05, 4.69) is 62.5 Å². The van der Waals surface area contributed by atoms with Gasteiger partial charge in [-0.05, 0) is 70.6 Å². The van der Waals surface area contributed by atoms with Crippen molar-refractivity contribution in [2.45, 2.75) is 235 Å². The van der Waals surface area contributed by atoms with Crippen LogP contribution >= 0.6 is 0 Å². The second kappa shape index (κ2) is 39.9. The lowest BCUT2D eigenvalue weighted by Crippen LogP contribution is -2.61. The summed E-state index contributed by atoms with van der Waals surface area (Å²) in [7, 11) is 0. The van der Waals surface area contributed by atoms with Crippen molar-refractivity contribution < 1.29 is 73.8 Å². The number of aliphatic hydroxyl groups is 7. The summed E-state index contributed by atoms with van der Waals surface area (Å²) in [5, 5.41) is 72.1. The molecule has 0 saturated carbocycles. The van der Waals surface area contributed by atoms with E-state index in [1.54, 1.807) is 0 Å². The highest BCUT2D eigenvalue weighted by atomic mass is 16.7. The quantitative estimate of drug-likeness (QED) is 0.0183. The first kappa shape index (κ1) is 61.3. The Labute approximate surface area is 407 Å². The van der Waals surface area contributed by atoms with Gasteiger partial charge in [0.25, 0.3) is 0 Å². The molecule has 15 heteroatoms. The van der Waals surface area contributed by atoms with E-state index in [1.807, 2.05) is 12.2 Å². The number of carbonyl (C=O) groups excluding carboxylic acids is 2. The van der Waals surface area contributed by atoms with Gasteiger partial charge in [-0.2, -0.15) is 0 Å². The van der Waals surface area contributed by atoms with Crippen molar-refractivity contribution in [1.29, 1.82) is 0 Å². The van der Waals surface area contributed by atoms with Crippen LogP contribution in [0.15, 0.2) is 60.8 Å². The molecule has 2 rings (SSSR count). The molecule has 0 amide bonds. The van der Waals surface area contributed by atoms with Crippen LogP contribution in [-0.4, -0.2) is 142 Å². The molecule has 0 aromatic rings. The Hall–Kier alpha value is -2.80. The van der Waals surface area contributed by atoms with Gasteiger partial charge in [0.05, 0.1) is 19.8 Å². The molecule has 392 valence electrons. The van der Waals surface area contributed by atoms with Gasteiger partial charge in [0, 0.05) is 12.8 Å². The van der Waals surface area contributed by atoms with Crippen LogP contribution in [0.4, 0.5) is 0 Å². The number of hydrogen-bond acceptors (Lipinski definition) is 15. The number of esters is 2. The minimum atomic E-state index is -1.78. The van der Waals surface area contributed by atoms with Crippen LogP contribution in [0.2, 0.25) is 0 Å². The molecule has 0 radical (unpaired) electrons. The zero-order valence-electron chi connectivity index (χ0n) is 41.3. The number of unbranched alkanes of at least 4 members (excludes halogenated alkanes) is 15. The molecular weight excluding hydrogens is 877 g/mol. The lowest BCUT2D eigenvalue weighted by atomic mass is 9.98. The Morgan fingerprint density at radius 3 is 1.49 bits per heavy atom. The molecule has 0 aromatic heterocycles. The van der Waals surface area contributed by atoms with Crippen LogP contribution in [0.1, 0.15) is 168 Å². The average Bonchev–Trinajstić information content (AvgIpc) is 3.33. The van der Waals surface area contributed by atoms with Gasteiger partial charge in [0.1, 0.15) is 55.4 Å². The van der Waals surface area contributed by atoms with Crippen molar-refractivity contribution in [2.75, 3.05) is 26.4 Å². The van der Waals surface area contributed by atoms with Crippen LogP contribution in [-0.2, 0) is 38.0 Å². The Bertz CT molecular complexity index is 1420. The van der Waals surface area contributed by atoms with E-state index in [4.69, 9.17) is 28.4 Å². The van der Waals surface area contributed by atoms with Gasteiger partial charge in [0.15, 0.2) is 18.7 Å². The summed E-state index contributed by atoms with van der Waals surface area (Å²) in [6.45, 7) is 2.46. The molecule has 68 heavy (non-hydrogen) atoms. The smallest absolute Gasteiger partial charge is 0.306 e. The van der Waals surface area contributed by atoms with E-state index < -0.39 is 99.3 Å². The minimum absolute atomic E-state index is 0.0871. The van der Waals surface area contributed by atoms with Crippen LogP contribution in [0.3, 0.4) is 0 Å². The summed E-state index contributed by atoms with van der Waals surface area (Å²) in [4.78, 5) is 25.7. The molecule has 15 nitrogen and oxygen atoms in total. The Morgan fingerprint density at radius 2 is 0.912 bits per heavy atom. The molecule has 2 fully saturated rings. The van der Waals surface area contributed by atoms with E-state index in [0.717, 1.165) is 51.4 Å². The Balaban J connectivity index is 1.84. The fourth-order valence-electron chi connectivity index (χ4n) is 7.66.